The molecule has 0 radical (unpaired) electrons. The molecule has 0 fully saturated rings. The molecule has 1 aromatic carbocycles. The topological polar surface area (TPSA) is 114 Å². The van der Waals surface area contributed by atoms with Gasteiger partial charge < -0.3 is 29.0 Å². The fourth-order valence-corrected chi connectivity index (χ4v) is 4.05. The molecule has 3 aromatic rings. The lowest BCUT2D eigenvalue weighted by atomic mass is 9.99. The number of ether oxygens (including phenoxy) is 2. The van der Waals surface area contributed by atoms with Gasteiger partial charge in [-0.2, -0.15) is 0 Å². The van der Waals surface area contributed by atoms with Crippen LogP contribution in [0.15, 0.2) is 40.9 Å². The van der Waals surface area contributed by atoms with Gasteiger partial charge in [-0.05, 0) is 51.1 Å². The molecule has 0 aliphatic carbocycles. The van der Waals surface area contributed by atoms with Gasteiger partial charge in [0.2, 0.25) is 17.6 Å². The summed E-state index contributed by atoms with van der Waals surface area (Å²) in [6.45, 7) is -3.59. The van der Waals surface area contributed by atoms with Crippen molar-refractivity contribution in [3.8, 4) is 11.5 Å². The van der Waals surface area contributed by atoms with Gasteiger partial charge >= 0.3 is 0 Å². The van der Waals surface area contributed by atoms with Crippen LogP contribution in [0.1, 0.15) is 45.2 Å². The lowest BCUT2D eigenvalue weighted by molar-refractivity contribution is -0.137. The molecule has 10 nitrogen and oxygen atoms in total. The summed E-state index contributed by atoms with van der Waals surface area (Å²) in [6.07, 6.45) is 1.32. The lowest BCUT2D eigenvalue weighted by Crippen LogP contribution is -2.62. The van der Waals surface area contributed by atoms with Crippen LogP contribution < -0.4 is 14.8 Å². The molecular formula is C26H29ClN4O6. The fourth-order valence-electron chi connectivity index (χ4n) is 3.88. The van der Waals surface area contributed by atoms with E-state index in [2.05, 4.69) is 10.3 Å². The molecule has 3 amide bonds. The Hall–Kier alpha value is -3.79. The molecule has 37 heavy (non-hydrogen) atoms. The van der Waals surface area contributed by atoms with E-state index in [4.69, 9.17) is 33.7 Å². The maximum atomic E-state index is 14.0. The first-order valence-corrected chi connectivity index (χ1v) is 11.7. The highest BCUT2D eigenvalue weighted by molar-refractivity contribution is 6.31. The van der Waals surface area contributed by atoms with Gasteiger partial charge in [-0.25, -0.2) is 0 Å². The maximum Gasteiger partial charge on any atom is 0.295 e. The van der Waals surface area contributed by atoms with Crippen LogP contribution in [0, 0.1) is 0 Å². The number of hydrogen-bond donors (Lipinski definition) is 1. The monoisotopic (exact) mass is 534 g/mol. The second-order valence-electron chi connectivity index (χ2n) is 8.88. The molecular weight excluding hydrogens is 500 g/mol. The molecule has 2 aromatic heterocycles. The summed E-state index contributed by atoms with van der Waals surface area (Å²) in [4.78, 5) is 45.8. The number of furan rings is 1. The van der Waals surface area contributed by atoms with Crippen molar-refractivity contribution in [2.45, 2.75) is 39.0 Å². The van der Waals surface area contributed by atoms with Crippen molar-refractivity contribution >= 4 is 40.3 Å². The van der Waals surface area contributed by atoms with Gasteiger partial charge in [0.15, 0.2) is 11.3 Å². The number of carbonyl (C=O) groups excluding carboxylic acids is 3. The number of aromatic nitrogens is 1. The van der Waals surface area contributed by atoms with Crippen molar-refractivity contribution in [3.63, 3.8) is 0 Å². The van der Waals surface area contributed by atoms with Gasteiger partial charge in [0.25, 0.3) is 5.91 Å². The number of benzene rings is 1. The molecule has 0 saturated carbocycles. The Morgan fingerprint density at radius 3 is 2.86 bits per heavy atom. The Morgan fingerprint density at radius 2 is 2.14 bits per heavy atom. The number of carbonyl (C=O) groups is 3. The minimum Gasteiger partial charge on any atom is -0.489 e. The van der Waals surface area contributed by atoms with E-state index >= 15 is 0 Å². The third kappa shape index (κ3) is 5.20. The molecule has 1 N–H and O–H groups in total. The predicted molar refractivity (Wildman–Crippen MR) is 137 cm³/mol. The third-order valence-corrected chi connectivity index (χ3v) is 6.03. The molecule has 4 rings (SSSR count). The molecule has 1 atom stereocenters. The van der Waals surface area contributed by atoms with E-state index in [9.17, 15) is 14.4 Å². The smallest absolute Gasteiger partial charge is 0.295 e. The Kier molecular flexibility index (Phi) is 5.38. The maximum absolute atomic E-state index is 14.0. The van der Waals surface area contributed by atoms with Crippen LogP contribution in [0.2, 0.25) is 5.02 Å². The number of nitrogens with one attached hydrogen (secondary N) is 1. The van der Waals surface area contributed by atoms with Crippen molar-refractivity contribution in [2.24, 2.45) is 0 Å². The van der Waals surface area contributed by atoms with E-state index in [1.165, 1.54) is 31.3 Å². The number of nitrogens with zero attached hydrogens (tertiary/aromatic N) is 3. The van der Waals surface area contributed by atoms with E-state index in [0.29, 0.717) is 21.9 Å². The van der Waals surface area contributed by atoms with Crippen LogP contribution in [-0.4, -0.2) is 71.3 Å². The van der Waals surface area contributed by atoms with Crippen LogP contribution in [0.5, 0.6) is 11.5 Å². The molecule has 0 saturated heterocycles. The van der Waals surface area contributed by atoms with Crippen LogP contribution in [0.4, 0.5) is 0 Å². The quantitative estimate of drug-likeness (QED) is 0.495. The highest BCUT2D eigenvalue weighted by Gasteiger charge is 2.48. The zero-order valence-electron chi connectivity index (χ0n) is 26.3. The second kappa shape index (κ2) is 10.3. The zero-order valence-corrected chi connectivity index (χ0v) is 21.1. The highest BCUT2D eigenvalue weighted by Crippen LogP contribution is 2.39. The summed E-state index contributed by atoms with van der Waals surface area (Å²) < 4.78 is 63.2. The number of rotatable bonds is 7. The van der Waals surface area contributed by atoms with E-state index in [-0.39, 0.29) is 34.6 Å². The van der Waals surface area contributed by atoms with Crippen molar-refractivity contribution in [2.75, 3.05) is 27.1 Å². The number of likely N-dealkylation sites (N-methyl/N-ethyl adjacent to an activating group) is 1. The minimum atomic E-state index is -3.38. The van der Waals surface area contributed by atoms with Gasteiger partial charge in [0, 0.05) is 33.4 Å². The van der Waals surface area contributed by atoms with Crippen molar-refractivity contribution in [1.82, 2.24) is 20.1 Å². The minimum absolute atomic E-state index is 0.0441. The number of fused-ring (bicyclic) bond motifs is 3. The molecule has 3 heterocycles. The van der Waals surface area contributed by atoms with E-state index in [0.717, 1.165) is 4.90 Å². The number of halogens is 1. The standard InChI is InChI=1S/C26H29ClN4O6/c1-15(2)36-20-7-6-10-28-18(20)12-29-25(34)26(3)14-35-22-17-11-16(27)8-9-19(17)37-23(22)24(33)31(26)13-21(32)30(4)5/h6-11,15H,12-14H2,1-5H3,(H,29,34)/i4D3,5D3. The van der Waals surface area contributed by atoms with E-state index in [1.54, 1.807) is 12.1 Å². The molecule has 0 bridgehead atoms. The first-order valence-electron chi connectivity index (χ1n) is 14.3. The van der Waals surface area contributed by atoms with Crippen molar-refractivity contribution in [1.29, 1.82) is 0 Å². The fraction of sp³-hybridized carbons (Fsp3) is 0.385. The van der Waals surface area contributed by atoms with Gasteiger partial charge in [-0.15, -0.1) is 0 Å². The van der Waals surface area contributed by atoms with Crippen molar-refractivity contribution in [3.05, 3.63) is 53.0 Å². The molecule has 1 aliphatic rings. The van der Waals surface area contributed by atoms with Crippen LogP contribution in [0.3, 0.4) is 0 Å². The number of amides is 3. The van der Waals surface area contributed by atoms with Crippen LogP contribution in [-0.2, 0) is 16.1 Å². The summed E-state index contributed by atoms with van der Waals surface area (Å²) in [5.74, 6) is -3.28. The molecule has 196 valence electrons. The first-order chi connectivity index (χ1) is 19.9. The van der Waals surface area contributed by atoms with Gasteiger partial charge in [-0.3, -0.25) is 19.4 Å². The molecule has 1 aliphatic heterocycles. The zero-order chi connectivity index (χ0) is 31.9. The van der Waals surface area contributed by atoms with E-state index in [1.807, 2.05) is 13.8 Å². The van der Waals surface area contributed by atoms with Gasteiger partial charge in [0.1, 0.15) is 30.2 Å². The molecule has 0 spiro atoms. The average Bonchev–Trinajstić information content (AvgIpc) is 3.20. The lowest BCUT2D eigenvalue weighted by Gasteiger charge is -2.37. The summed E-state index contributed by atoms with van der Waals surface area (Å²) in [5, 5.41) is 3.31. The SMILES string of the molecule is [2H]C([2H])([2H])N(C(=O)CN1C(=O)c2oc3ccc(Cl)cc3c2OCC1(C)C(=O)NCc1ncccc1OC(C)C)C([2H])([2H])[2H]. The normalized spacial score (nSPS) is 20.4. The third-order valence-electron chi connectivity index (χ3n) is 5.80. The number of pyridine rings is 1. The highest BCUT2D eigenvalue weighted by atomic mass is 35.5. The first kappa shape index (κ1) is 19.3. The van der Waals surface area contributed by atoms with Crippen LogP contribution in [0.25, 0.3) is 11.0 Å². The Bertz CT molecular complexity index is 1550. The number of hydrogen-bond acceptors (Lipinski definition) is 7. The predicted octanol–water partition coefficient (Wildman–Crippen LogP) is 3.27. The van der Waals surface area contributed by atoms with Crippen LogP contribution >= 0.6 is 11.6 Å². The summed E-state index contributed by atoms with van der Waals surface area (Å²) in [6, 6.07) is 7.85. The molecule has 1 unspecified atom stereocenters. The summed E-state index contributed by atoms with van der Waals surface area (Å²) in [5.41, 5.74) is -1.37. The Labute approximate surface area is 227 Å². The molecule has 11 heteroatoms. The second-order valence-corrected chi connectivity index (χ2v) is 9.32. The van der Waals surface area contributed by atoms with Crippen molar-refractivity contribution < 1.29 is 36.5 Å². The summed E-state index contributed by atoms with van der Waals surface area (Å²) >= 11 is 6.13. The average molecular weight is 535 g/mol. The van der Waals surface area contributed by atoms with E-state index < -0.39 is 50.4 Å². The van der Waals surface area contributed by atoms with Gasteiger partial charge in [-0.1, -0.05) is 11.6 Å². The largest absolute Gasteiger partial charge is 0.489 e. The Balaban J connectivity index is 1.74. The Morgan fingerprint density at radius 1 is 1.35 bits per heavy atom. The van der Waals surface area contributed by atoms with Gasteiger partial charge in [0.05, 0.1) is 18.0 Å². The summed E-state index contributed by atoms with van der Waals surface area (Å²) in [7, 11) is 0.